The minimum atomic E-state index is 0.244. The molecule has 0 aliphatic rings. The Morgan fingerprint density at radius 1 is 1.29 bits per heavy atom. The van der Waals surface area contributed by atoms with Crippen molar-refractivity contribution >= 4 is 15.9 Å². The highest BCUT2D eigenvalue weighted by Crippen LogP contribution is 2.26. The first-order valence-corrected chi connectivity index (χ1v) is 8.29. The van der Waals surface area contributed by atoms with Gasteiger partial charge in [0.2, 0.25) is 0 Å². The van der Waals surface area contributed by atoms with Crippen molar-refractivity contribution in [3.05, 3.63) is 33.8 Å². The van der Waals surface area contributed by atoms with E-state index in [0.717, 1.165) is 36.0 Å². The fourth-order valence-corrected chi connectivity index (χ4v) is 3.34. The number of aryl methyl sites for hydroxylation is 3. The highest BCUT2D eigenvalue weighted by Gasteiger charge is 2.20. The first kappa shape index (κ1) is 16.2. The molecule has 0 saturated heterocycles. The first-order valence-electron chi connectivity index (χ1n) is 7.49. The Hall–Kier alpha value is -1.14. The van der Waals surface area contributed by atoms with Crippen LogP contribution in [0.1, 0.15) is 43.4 Å². The topological polar surface area (TPSA) is 47.7 Å². The number of nitrogens with zero attached hydrogens (tertiary/aromatic N) is 4. The lowest BCUT2D eigenvalue weighted by Gasteiger charge is -2.19. The summed E-state index contributed by atoms with van der Waals surface area (Å²) in [6, 6.07) is 2.33. The second kappa shape index (κ2) is 7.22. The SMILES string of the molecule is CCCNC(Cc1c(Br)c(CC)nn1C)c1ccnn1C. The number of aromatic nitrogens is 4. The molecule has 0 aliphatic heterocycles. The van der Waals surface area contributed by atoms with Gasteiger partial charge >= 0.3 is 0 Å². The molecule has 116 valence electrons. The summed E-state index contributed by atoms with van der Waals surface area (Å²) >= 11 is 3.71. The predicted molar refractivity (Wildman–Crippen MR) is 88.2 cm³/mol. The van der Waals surface area contributed by atoms with Gasteiger partial charge in [0, 0.05) is 26.7 Å². The average molecular weight is 354 g/mol. The third-order valence-corrected chi connectivity index (χ3v) is 4.67. The molecule has 21 heavy (non-hydrogen) atoms. The Labute approximate surface area is 134 Å². The molecule has 0 aromatic carbocycles. The lowest BCUT2D eigenvalue weighted by atomic mass is 10.1. The van der Waals surface area contributed by atoms with Crippen molar-refractivity contribution in [2.24, 2.45) is 14.1 Å². The molecule has 0 aliphatic carbocycles. The van der Waals surface area contributed by atoms with Gasteiger partial charge in [-0.1, -0.05) is 13.8 Å². The highest BCUT2D eigenvalue weighted by molar-refractivity contribution is 9.10. The Balaban J connectivity index is 2.27. The summed E-state index contributed by atoms with van der Waals surface area (Å²) in [5, 5.41) is 12.5. The van der Waals surface area contributed by atoms with Crippen LogP contribution in [0, 0.1) is 0 Å². The van der Waals surface area contributed by atoms with Crippen LogP contribution >= 0.6 is 15.9 Å². The Morgan fingerprint density at radius 3 is 2.57 bits per heavy atom. The molecule has 6 heteroatoms. The first-order chi connectivity index (χ1) is 10.1. The van der Waals surface area contributed by atoms with E-state index >= 15 is 0 Å². The zero-order valence-electron chi connectivity index (χ0n) is 13.2. The zero-order chi connectivity index (χ0) is 15.4. The van der Waals surface area contributed by atoms with Gasteiger partial charge in [0.1, 0.15) is 0 Å². The van der Waals surface area contributed by atoms with Crippen LogP contribution < -0.4 is 5.32 Å². The molecule has 2 heterocycles. The fraction of sp³-hybridized carbons (Fsp3) is 0.600. The minimum Gasteiger partial charge on any atom is -0.308 e. The Bertz CT molecular complexity index is 587. The molecule has 2 rings (SSSR count). The van der Waals surface area contributed by atoms with Gasteiger partial charge in [-0.05, 0) is 41.4 Å². The smallest absolute Gasteiger partial charge is 0.0766 e. The van der Waals surface area contributed by atoms with Crippen LogP contribution in [0.4, 0.5) is 0 Å². The van der Waals surface area contributed by atoms with Crippen molar-refractivity contribution in [2.45, 2.75) is 39.2 Å². The molecule has 0 saturated carbocycles. The maximum absolute atomic E-state index is 4.59. The Kier molecular flexibility index (Phi) is 5.58. The molecule has 5 nitrogen and oxygen atoms in total. The summed E-state index contributed by atoms with van der Waals surface area (Å²) in [5.74, 6) is 0. The van der Waals surface area contributed by atoms with Crippen LogP contribution in [0.3, 0.4) is 0 Å². The van der Waals surface area contributed by atoms with Gasteiger partial charge < -0.3 is 5.32 Å². The molecule has 0 spiro atoms. The van der Waals surface area contributed by atoms with Gasteiger partial charge in [0.15, 0.2) is 0 Å². The van der Waals surface area contributed by atoms with E-state index in [9.17, 15) is 0 Å². The van der Waals surface area contributed by atoms with Gasteiger partial charge in [-0.2, -0.15) is 10.2 Å². The third kappa shape index (κ3) is 3.55. The van der Waals surface area contributed by atoms with E-state index in [1.54, 1.807) is 0 Å². The van der Waals surface area contributed by atoms with Gasteiger partial charge in [0.05, 0.1) is 27.6 Å². The van der Waals surface area contributed by atoms with Crippen molar-refractivity contribution in [1.82, 2.24) is 24.9 Å². The van der Waals surface area contributed by atoms with E-state index in [4.69, 9.17) is 0 Å². The minimum absolute atomic E-state index is 0.244. The second-order valence-electron chi connectivity index (χ2n) is 5.28. The molecule has 0 radical (unpaired) electrons. The van der Waals surface area contributed by atoms with Crippen molar-refractivity contribution in [3.63, 3.8) is 0 Å². The van der Waals surface area contributed by atoms with E-state index in [1.165, 1.54) is 11.4 Å². The summed E-state index contributed by atoms with van der Waals surface area (Å²) in [4.78, 5) is 0. The quantitative estimate of drug-likeness (QED) is 0.832. The fourth-order valence-electron chi connectivity index (χ4n) is 2.56. The third-order valence-electron chi connectivity index (χ3n) is 3.76. The van der Waals surface area contributed by atoms with Crippen molar-refractivity contribution in [1.29, 1.82) is 0 Å². The van der Waals surface area contributed by atoms with E-state index in [2.05, 4.69) is 51.4 Å². The van der Waals surface area contributed by atoms with Crippen molar-refractivity contribution < 1.29 is 0 Å². The second-order valence-corrected chi connectivity index (χ2v) is 6.07. The van der Waals surface area contributed by atoms with E-state index < -0.39 is 0 Å². The molecular formula is C15H24BrN5. The standard InChI is InChI=1S/C15H24BrN5/c1-5-8-17-12(13-7-9-18-20(13)3)10-14-15(16)11(6-2)19-21(14)4/h7,9,12,17H,5-6,8,10H2,1-4H3. The number of hydrogen-bond donors (Lipinski definition) is 1. The van der Waals surface area contributed by atoms with Crippen LogP contribution in [0.2, 0.25) is 0 Å². The maximum atomic E-state index is 4.59. The Morgan fingerprint density at radius 2 is 2.05 bits per heavy atom. The van der Waals surface area contributed by atoms with Crippen LogP contribution in [0.5, 0.6) is 0 Å². The lowest BCUT2D eigenvalue weighted by Crippen LogP contribution is -2.27. The van der Waals surface area contributed by atoms with Gasteiger partial charge in [-0.25, -0.2) is 0 Å². The van der Waals surface area contributed by atoms with Crippen LogP contribution in [-0.2, 0) is 26.9 Å². The summed E-state index contributed by atoms with van der Waals surface area (Å²) in [6.07, 6.45) is 4.80. The normalized spacial score (nSPS) is 12.8. The van der Waals surface area contributed by atoms with Gasteiger partial charge in [-0.3, -0.25) is 9.36 Å². The van der Waals surface area contributed by atoms with Gasteiger partial charge in [-0.15, -0.1) is 0 Å². The predicted octanol–water partition coefficient (Wildman–Crippen LogP) is 2.76. The number of hydrogen-bond acceptors (Lipinski definition) is 3. The maximum Gasteiger partial charge on any atom is 0.0766 e. The largest absolute Gasteiger partial charge is 0.308 e. The molecule has 2 aromatic heterocycles. The number of nitrogens with one attached hydrogen (secondary N) is 1. The molecule has 1 atom stereocenters. The van der Waals surface area contributed by atoms with Crippen LogP contribution in [-0.4, -0.2) is 26.1 Å². The average Bonchev–Trinajstić information content (AvgIpc) is 3.00. The van der Waals surface area contributed by atoms with E-state index in [-0.39, 0.29) is 6.04 Å². The molecule has 1 N–H and O–H groups in total. The highest BCUT2D eigenvalue weighted by atomic mass is 79.9. The van der Waals surface area contributed by atoms with E-state index in [0.29, 0.717) is 0 Å². The molecule has 1 unspecified atom stereocenters. The molecule has 0 bridgehead atoms. The van der Waals surface area contributed by atoms with Crippen molar-refractivity contribution in [3.8, 4) is 0 Å². The summed E-state index contributed by atoms with van der Waals surface area (Å²) in [5.41, 5.74) is 3.54. The van der Waals surface area contributed by atoms with Crippen molar-refractivity contribution in [2.75, 3.05) is 6.54 Å². The zero-order valence-corrected chi connectivity index (χ0v) is 14.8. The molecule has 0 fully saturated rings. The summed E-state index contributed by atoms with van der Waals surface area (Å²) in [7, 11) is 4.01. The number of rotatable bonds is 7. The molecular weight excluding hydrogens is 330 g/mol. The summed E-state index contributed by atoms with van der Waals surface area (Å²) in [6.45, 7) is 5.30. The molecule has 0 amide bonds. The van der Waals surface area contributed by atoms with Crippen LogP contribution in [0.15, 0.2) is 16.7 Å². The van der Waals surface area contributed by atoms with Gasteiger partial charge in [0.25, 0.3) is 0 Å². The molecule has 2 aromatic rings. The number of halogens is 1. The monoisotopic (exact) mass is 353 g/mol. The summed E-state index contributed by atoms with van der Waals surface area (Å²) < 4.78 is 5.07. The lowest BCUT2D eigenvalue weighted by molar-refractivity contribution is 0.480. The van der Waals surface area contributed by atoms with E-state index in [1.807, 2.05) is 29.7 Å². The van der Waals surface area contributed by atoms with Crippen LogP contribution in [0.25, 0.3) is 0 Å².